The van der Waals surface area contributed by atoms with Crippen molar-refractivity contribution in [2.45, 2.75) is 6.61 Å². The molecule has 0 saturated carbocycles. The summed E-state index contributed by atoms with van der Waals surface area (Å²) in [5, 5.41) is 0.692. The topological polar surface area (TPSA) is 32.8 Å². The molecule has 0 radical (unpaired) electrons. The lowest BCUT2D eigenvalue weighted by Gasteiger charge is -2.36. The monoisotopic (exact) mass is 366 g/mol. The molecule has 7 heteroatoms. The smallest absolute Gasteiger partial charge is 0.387 e. The third kappa shape index (κ3) is 4.20. The van der Waals surface area contributed by atoms with Crippen LogP contribution in [0.25, 0.3) is 0 Å². The van der Waals surface area contributed by atoms with Crippen LogP contribution in [0.3, 0.4) is 0 Å². The fraction of sp³-hybridized carbons (Fsp3) is 0.278. The fourth-order valence-electron chi connectivity index (χ4n) is 2.82. The van der Waals surface area contributed by atoms with Crippen LogP contribution >= 0.6 is 11.6 Å². The molecule has 1 amide bonds. The van der Waals surface area contributed by atoms with E-state index in [-0.39, 0.29) is 11.7 Å². The predicted molar refractivity (Wildman–Crippen MR) is 92.6 cm³/mol. The highest BCUT2D eigenvalue weighted by molar-refractivity contribution is 6.33. The molecule has 0 spiro atoms. The molecule has 0 unspecified atom stereocenters. The molecule has 1 fully saturated rings. The van der Waals surface area contributed by atoms with Crippen molar-refractivity contribution in [3.05, 3.63) is 59.1 Å². The quantitative estimate of drug-likeness (QED) is 0.822. The Morgan fingerprint density at radius 2 is 1.64 bits per heavy atom. The Kier molecular flexibility index (Phi) is 5.38. The molecule has 0 aromatic heterocycles. The second-order valence-electron chi connectivity index (χ2n) is 5.63. The molecular formula is C18H17ClF2N2O2. The summed E-state index contributed by atoms with van der Waals surface area (Å²) in [5.41, 5.74) is 1.41. The highest BCUT2D eigenvalue weighted by Gasteiger charge is 2.23. The van der Waals surface area contributed by atoms with Gasteiger partial charge >= 0.3 is 6.61 Å². The van der Waals surface area contributed by atoms with Gasteiger partial charge in [0.05, 0.1) is 10.7 Å². The van der Waals surface area contributed by atoms with Gasteiger partial charge in [-0.2, -0.15) is 8.78 Å². The Morgan fingerprint density at radius 1 is 1.00 bits per heavy atom. The van der Waals surface area contributed by atoms with Crippen molar-refractivity contribution in [3.63, 3.8) is 0 Å². The SMILES string of the molecule is O=C(c1ccc(OC(F)F)cc1)N1CCN(c2ccccc2Cl)CC1. The molecule has 0 N–H and O–H groups in total. The van der Waals surface area contributed by atoms with Crippen LogP contribution in [0.4, 0.5) is 14.5 Å². The number of alkyl halides is 2. The number of rotatable bonds is 4. The van der Waals surface area contributed by atoms with Gasteiger partial charge in [-0.25, -0.2) is 0 Å². The molecule has 0 bridgehead atoms. The Labute approximate surface area is 149 Å². The summed E-state index contributed by atoms with van der Waals surface area (Å²) in [4.78, 5) is 16.4. The largest absolute Gasteiger partial charge is 0.435 e. The van der Waals surface area contributed by atoms with Gasteiger partial charge in [-0.05, 0) is 36.4 Å². The molecule has 132 valence electrons. The number of para-hydroxylation sites is 1. The molecular weight excluding hydrogens is 350 g/mol. The molecule has 2 aromatic rings. The summed E-state index contributed by atoms with van der Waals surface area (Å²) >= 11 is 6.22. The molecule has 25 heavy (non-hydrogen) atoms. The van der Waals surface area contributed by atoms with Crippen LogP contribution in [0, 0.1) is 0 Å². The van der Waals surface area contributed by atoms with Crippen LogP contribution in [0.5, 0.6) is 5.75 Å². The predicted octanol–water partition coefficient (Wildman–Crippen LogP) is 3.90. The van der Waals surface area contributed by atoms with Crippen molar-refractivity contribution >= 4 is 23.2 Å². The van der Waals surface area contributed by atoms with Gasteiger partial charge < -0.3 is 14.5 Å². The molecule has 1 aliphatic rings. The molecule has 3 rings (SSSR count). The molecule has 1 aliphatic heterocycles. The Morgan fingerprint density at radius 3 is 2.24 bits per heavy atom. The van der Waals surface area contributed by atoms with Crippen molar-refractivity contribution in [1.82, 2.24) is 4.90 Å². The first-order chi connectivity index (χ1) is 12.0. The Hall–Kier alpha value is -2.34. The first kappa shape index (κ1) is 17.5. The normalized spacial score (nSPS) is 14.7. The van der Waals surface area contributed by atoms with Crippen LogP contribution in [0.1, 0.15) is 10.4 Å². The van der Waals surface area contributed by atoms with Crippen LogP contribution in [-0.2, 0) is 0 Å². The lowest BCUT2D eigenvalue weighted by atomic mass is 10.1. The minimum atomic E-state index is -2.88. The number of hydrogen-bond acceptors (Lipinski definition) is 3. The number of halogens is 3. The second-order valence-corrected chi connectivity index (χ2v) is 6.04. The van der Waals surface area contributed by atoms with E-state index in [0.29, 0.717) is 36.8 Å². The average Bonchev–Trinajstić information content (AvgIpc) is 2.62. The molecule has 2 aromatic carbocycles. The van der Waals surface area contributed by atoms with E-state index < -0.39 is 6.61 Å². The van der Waals surface area contributed by atoms with Gasteiger partial charge in [-0.3, -0.25) is 4.79 Å². The van der Waals surface area contributed by atoms with Gasteiger partial charge in [0.25, 0.3) is 5.91 Å². The van der Waals surface area contributed by atoms with E-state index in [1.807, 2.05) is 24.3 Å². The van der Waals surface area contributed by atoms with Gasteiger partial charge in [0.2, 0.25) is 0 Å². The Balaban J connectivity index is 1.61. The number of nitrogens with zero attached hydrogens (tertiary/aromatic N) is 2. The first-order valence-corrected chi connectivity index (χ1v) is 8.26. The lowest BCUT2D eigenvalue weighted by Crippen LogP contribution is -2.48. The minimum Gasteiger partial charge on any atom is -0.435 e. The van der Waals surface area contributed by atoms with Gasteiger partial charge in [-0.15, -0.1) is 0 Å². The Bertz CT molecular complexity index is 732. The number of carbonyl (C=O) groups is 1. The number of anilines is 1. The molecule has 1 saturated heterocycles. The highest BCUT2D eigenvalue weighted by atomic mass is 35.5. The van der Waals surface area contributed by atoms with Crippen LogP contribution in [-0.4, -0.2) is 43.6 Å². The second kappa shape index (κ2) is 7.70. The van der Waals surface area contributed by atoms with E-state index in [1.54, 1.807) is 4.90 Å². The summed E-state index contributed by atoms with van der Waals surface area (Å²) < 4.78 is 28.6. The van der Waals surface area contributed by atoms with Crippen LogP contribution < -0.4 is 9.64 Å². The standard InChI is InChI=1S/C18H17ClF2N2O2/c19-15-3-1-2-4-16(15)22-9-11-23(12-10-22)17(24)13-5-7-14(8-6-13)25-18(20)21/h1-8,18H,9-12H2. The van der Waals surface area contributed by atoms with Gasteiger partial charge in [0.15, 0.2) is 0 Å². The van der Waals surface area contributed by atoms with E-state index in [9.17, 15) is 13.6 Å². The van der Waals surface area contributed by atoms with Crippen molar-refractivity contribution < 1.29 is 18.3 Å². The van der Waals surface area contributed by atoms with E-state index in [2.05, 4.69) is 9.64 Å². The molecule has 0 atom stereocenters. The zero-order chi connectivity index (χ0) is 17.8. The zero-order valence-corrected chi connectivity index (χ0v) is 14.1. The highest BCUT2D eigenvalue weighted by Crippen LogP contribution is 2.26. The maximum Gasteiger partial charge on any atom is 0.387 e. The number of piperazine rings is 1. The van der Waals surface area contributed by atoms with E-state index >= 15 is 0 Å². The van der Waals surface area contributed by atoms with Crippen molar-refractivity contribution in [2.75, 3.05) is 31.1 Å². The summed E-state index contributed by atoms with van der Waals surface area (Å²) in [6.07, 6.45) is 0. The number of amides is 1. The van der Waals surface area contributed by atoms with Crippen molar-refractivity contribution in [2.24, 2.45) is 0 Å². The van der Waals surface area contributed by atoms with Crippen molar-refractivity contribution in [3.8, 4) is 5.75 Å². The first-order valence-electron chi connectivity index (χ1n) is 7.88. The summed E-state index contributed by atoms with van der Waals surface area (Å²) in [6, 6.07) is 13.4. The van der Waals surface area contributed by atoms with Gasteiger partial charge in [-0.1, -0.05) is 23.7 Å². The number of benzene rings is 2. The number of carbonyl (C=O) groups excluding carboxylic acids is 1. The average molecular weight is 367 g/mol. The molecule has 0 aliphatic carbocycles. The number of ether oxygens (including phenoxy) is 1. The van der Waals surface area contributed by atoms with Crippen LogP contribution in [0.15, 0.2) is 48.5 Å². The zero-order valence-electron chi connectivity index (χ0n) is 13.4. The van der Waals surface area contributed by atoms with Crippen molar-refractivity contribution in [1.29, 1.82) is 0 Å². The summed E-state index contributed by atoms with van der Waals surface area (Å²) in [6.45, 7) is -0.373. The van der Waals surface area contributed by atoms with E-state index in [0.717, 1.165) is 5.69 Å². The van der Waals surface area contributed by atoms with E-state index in [4.69, 9.17) is 11.6 Å². The third-order valence-electron chi connectivity index (χ3n) is 4.09. The molecule has 4 nitrogen and oxygen atoms in total. The van der Waals surface area contributed by atoms with Gasteiger partial charge in [0, 0.05) is 31.7 Å². The minimum absolute atomic E-state index is 0.0371. The third-order valence-corrected chi connectivity index (χ3v) is 4.41. The fourth-order valence-corrected chi connectivity index (χ4v) is 3.08. The maximum atomic E-state index is 12.5. The lowest BCUT2D eigenvalue weighted by molar-refractivity contribution is -0.0498. The van der Waals surface area contributed by atoms with Crippen LogP contribution in [0.2, 0.25) is 5.02 Å². The van der Waals surface area contributed by atoms with Gasteiger partial charge in [0.1, 0.15) is 5.75 Å². The summed E-state index contributed by atoms with van der Waals surface area (Å²) in [7, 11) is 0. The maximum absolute atomic E-state index is 12.5. The number of hydrogen-bond donors (Lipinski definition) is 0. The van der Waals surface area contributed by atoms with E-state index in [1.165, 1.54) is 24.3 Å². The summed E-state index contributed by atoms with van der Waals surface area (Å²) in [5.74, 6) is -0.0857. The molecule has 1 heterocycles.